The van der Waals surface area contributed by atoms with E-state index in [2.05, 4.69) is 29.5 Å². The van der Waals surface area contributed by atoms with Crippen LogP contribution in [0.1, 0.15) is 38.3 Å². The maximum atomic E-state index is 10.9. The highest BCUT2D eigenvalue weighted by Gasteiger charge is 2.15. The van der Waals surface area contributed by atoms with Gasteiger partial charge in [0.15, 0.2) is 0 Å². The fraction of sp³-hybridized carbons (Fsp3) is 0.353. The SMILES string of the molecule is CC(C)c1nc2ccccc2c2c1ncn2CCCC(N)=O. The summed E-state index contributed by atoms with van der Waals surface area (Å²) >= 11 is 0. The Morgan fingerprint density at radius 2 is 2.09 bits per heavy atom. The number of carbonyl (C=O) groups is 1. The Labute approximate surface area is 129 Å². The van der Waals surface area contributed by atoms with Crippen LogP contribution in [0.5, 0.6) is 0 Å². The minimum absolute atomic E-state index is 0.265. The van der Waals surface area contributed by atoms with Crippen LogP contribution in [0.3, 0.4) is 0 Å². The zero-order valence-electron chi connectivity index (χ0n) is 12.9. The number of aryl methyl sites for hydroxylation is 1. The molecule has 0 bridgehead atoms. The summed E-state index contributed by atoms with van der Waals surface area (Å²) < 4.78 is 2.11. The van der Waals surface area contributed by atoms with Crippen LogP contribution < -0.4 is 5.73 Å². The third kappa shape index (κ3) is 2.54. The highest BCUT2D eigenvalue weighted by molar-refractivity contribution is 6.03. The van der Waals surface area contributed by atoms with Gasteiger partial charge in [-0.2, -0.15) is 0 Å². The summed E-state index contributed by atoms with van der Waals surface area (Å²) in [4.78, 5) is 20.3. The predicted molar refractivity (Wildman–Crippen MR) is 87.6 cm³/mol. The molecule has 2 heterocycles. The second kappa shape index (κ2) is 5.75. The number of benzene rings is 1. The van der Waals surface area contributed by atoms with Crippen molar-refractivity contribution in [2.45, 2.75) is 39.2 Å². The molecule has 2 N–H and O–H groups in total. The van der Waals surface area contributed by atoms with Crippen molar-refractivity contribution < 1.29 is 4.79 Å². The summed E-state index contributed by atoms with van der Waals surface area (Å²) in [6.07, 6.45) is 2.94. The molecule has 2 aromatic heterocycles. The van der Waals surface area contributed by atoms with Crippen molar-refractivity contribution in [2.24, 2.45) is 5.73 Å². The summed E-state index contributed by atoms with van der Waals surface area (Å²) in [6.45, 7) is 4.98. The topological polar surface area (TPSA) is 73.8 Å². The van der Waals surface area contributed by atoms with E-state index in [1.54, 1.807) is 0 Å². The molecule has 0 aliphatic heterocycles. The number of primary amides is 1. The molecule has 5 heteroatoms. The van der Waals surface area contributed by atoms with Gasteiger partial charge in [-0.05, 0) is 18.4 Å². The summed E-state index contributed by atoms with van der Waals surface area (Å²) in [5.74, 6) is 0.0416. The minimum atomic E-state index is -0.265. The van der Waals surface area contributed by atoms with Crippen LogP contribution in [0.2, 0.25) is 0 Å². The Balaban J connectivity index is 2.16. The number of fused-ring (bicyclic) bond motifs is 3. The van der Waals surface area contributed by atoms with E-state index in [-0.39, 0.29) is 5.91 Å². The van der Waals surface area contributed by atoms with Crippen LogP contribution in [-0.4, -0.2) is 20.4 Å². The van der Waals surface area contributed by atoms with E-state index in [0.29, 0.717) is 18.8 Å². The maximum Gasteiger partial charge on any atom is 0.217 e. The Morgan fingerprint density at radius 3 is 2.82 bits per heavy atom. The van der Waals surface area contributed by atoms with Crippen molar-refractivity contribution in [1.29, 1.82) is 0 Å². The van der Waals surface area contributed by atoms with Gasteiger partial charge in [-0.1, -0.05) is 32.0 Å². The maximum absolute atomic E-state index is 10.9. The van der Waals surface area contributed by atoms with Gasteiger partial charge < -0.3 is 10.3 Å². The summed E-state index contributed by atoms with van der Waals surface area (Å²) in [5.41, 5.74) is 9.27. The van der Waals surface area contributed by atoms with Gasteiger partial charge >= 0.3 is 0 Å². The average molecular weight is 296 g/mol. The summed E-state index contributed by atoms with van der Waals surface area (Å²) in [5, 5.41) is 1.10. The second-order valence-electron chi connectivity index (χ2n) is 5.87. The van der Waals surface area contributed by atoms with E-state index in [1.165, 1.54) is 0 Å². The van der Waals surface area contributed by atoms with Crippen molar-refractivity contribution in [3.05, 3.63) is 36.3 Å². The fourth-order valence-corrected chi connectivity index (χ4v) is 2.80. The van der Waals surface area contributed by atoms with Gasteiger partial charge in [-0.3, -0.25) is 9.78 Å². The number of pyridine rings is 1. The monoisotopic (exact) mass is 296 g/mol. The molecule has 114 valence electrons. The van der Waals surface area contributed by atoms with Gasteiger partial charge in [0.2, 0.25) is 5.91 Å². The van der Waals surface area contributed by atoms with Gasteiger partial charge in [0.25, 0.3) is 0 Å². The average Bonchev–Trinajstić information content (AvgIpc) is 2.90. The van der Waals surface area contributed by atoms with Crippen molar-refractivity contribution in [1.82, 2.24) is 14.5 Å². The van der Waals surface area contributed by atoms with E-state index in [4.69, 9.17) is 10.7 Å². The molecule has 22 heavy (non-hydrogen) atoms. The van der Waals surface area contributed by atoms with Gasteiger partial charge in [0, 0.05) is 18.4 Å². The van der Waals surface area contributed by atoms with Crippen LogP contribution in [0, 0.1) is 0 Å². The molecule has 0 fully saturated rings. The number of imidazole rings is 1. The van der Waals surface area contributed by atoms with Crippen LogP contribution in [0.15, 0.2) is 30.6 Å². The molecule has 0 spiro atoms. The quantitative estimate of drug-likeness (QED) is 0.786. The molecule has 1 aromatic carbocycles. The number of nitrogens with two attached hydrogens (primary N) is 1. The highest BCUT2D eigenvalue weighted by atomic mass is 16.1. The molecule has 3 rings (SSSR count). The summed E-state index contributed by atoms with van der Waals surface area (Å²) in [6, 6.07) is 8.11. The molecule has 5 nitrogen and oxygen atoms in total. The van der Waals surface area contributed by atoms with Crippen molar-refractivity contribution in [3.63, 3.8) is 0 Å². The molecule has 0 aliphatic carbocycles. The highest BCUT2D eigenvalue weighted by Crippen LogP contribution is 2.29. The first-order valence-electron chi connectivity index (χ1n) is 7.59. The Kier molecular flexibility index (Phi) is 3.79. The first-order valence-corrected chi connectivity index (χ1v) is 7.59. The number of hydrogen-bond acceptors (Lipinski definition) is 3. The lowest BCUT2D eigenvalue weighted by Crippen LogP contribution is -2.11. The van der Waals surface area contributed by atoms with E-state index in [0.717, 1.165) is 34.2 Å². The molecular weight excluding hydrogens is 276 g/mol. The standard InChI is InChI=1S/C17H20N4O/c1-11(2)15-16-17(12-6-3-4-7-13(12)20-15)21(10-19-16)9-5-8-14(18)22/h3-4,6-7,10-11H,5,8-9H2,1-2H3,(H2,18,22). The molecule has 0 saturated carbocycles. The third-order valence-electron chi connectivity index (χ3n) is 3.85. The second-order valence-corrected chi connectivity index (χ2v) is 5.87. The number of carbonyl (C=O) groups excluding carboxylic acids is 1. The molecule has 0 unspecified atom stereocenters. The van der Waals surface area contributed by atoms with E-state index in [9.17, 15) is 4.79 Å². The predicted octanol–water partition coefficient (Wildman–Crippen LogP) is 2.97. The van der Waals surface area contributed by atoms with Gasteiger partial charge in [0.05, 0.1) is 23.1 Å². The number of nitrogens with zero attached hydrogens (tertiary/aromatic N) is 3. The normalized spacial score (nSPS) is 11.6. The van der Waals surface area contributed by atoms with Gasteiger partial charge in [0.1, 0.15) is 5.52 Å². The zero-order chi connectivity index (χ0) is 15.7. The smallest absolute Gasteiger partial charge is 0.217 e. The lowest BCUT2D eigenvalue weighted by molar-refractivity contribution is -0.118. The van der Waals surface area contributed by atoms with Crippen LogP contribution in [0.4, 0.5) is 0 Å². The van der Waals surface area contributed by atoms with Crippen LogP contribution >= 0.6 is 0 Å². The lowest BCUT2D eigenvalue weighted by atomic mass is 10.1. The molecule has 0 atom stereocenters. The van der Waals surface area contributed by atoms with Crippen LogP contribution in [-0.2, 0) is 11.3 Å². The van der Waals surface area contributed by atoms with Gasteiger partial charge in [-0.25, -0.2) is 4.98 Å². The fourth-order valence-electron chi connectivity index (χ4n) is 2.80. The van der Waals surface area contributed by atoms with Crippen molar-refractivity contribution >= 4 is 27.8 Å². The molecule has 1 amide bonds. The first kappa shape index (κ1) is 14.5. The lowest BCUT2D eigenvalue weighted by Gasteiger charge is -2.10. The third-order valence-corrected chi connectivity index (χ3v) is 3.85. The van der Waals surface area contributed by atoms with E-state index < -0.39 is 0 Å². The molecule has 0 saturated heterocycles. The number of para-hydroxylation sites is 1. The number of hydrogen-bond donors (Lipinski definition) is 1. The number of rotatable bonds is 5. The first-order chi connectivity index (χ1) is 10.6. The minimum Gasteiger partial charge on any atom is -0.370 e. The van der Waals surface area contributed by atoms with Crippen molar-refractivity contribution in [3.8, 4) is 0 Å². The van der Waals surface area contributed by atoms with E-state index in [1.807, 2.05) is 24.5 Å². The van der Waals surface area contributed by atoms with Crippen molar-refractivity contribution in [2.75, 3.05) is 0 Å². The van der Waals surface area contributed by atoms with Gasteiger partial charge in [-0.15, -0.1) is 0 Å². The zero-order valence-corrected chi connectivity index (χ0v) is 12.9. The molecule has 0 radical (unpaired) electrons. The van der Waals surface area contributed by atoms with E-state index >= 15 is 0 Å². The largest absolute Gasteiger partial charge is 0.370 e. The number of aromatic nitrogens is 3. The molecule has 3 aromatic rings. The Bertz CT molecular complexity index is 835. The molecular formula is C17H20N4O. The Hall–Kier alpha value is -2.43. The Morgan fingerprint density at radius 1 is 1.32 bits per heavy atom. The van der Waals surface area contributed by atoms with Crippen LogP contribution in [0.25, 0.3) is 21.9 Å². The number of amides is 1. The molecule has 0 aliphatic rings. The summed E-state index contributed by atoms with van der Waals surface area (Å²) in [7, 11) is 0.